The van der Waals surface area contributed by atoms with Crippen molar-refractivity contribution in [3.63, 3.8) is 0 Å². The molecule has 4 N–H and O–H groups in total. The lowest BCUT2D eigenvalue weighted by molar-refractivity contribution is -0.168. The first-order valence-electron chi connectivity index (χ1n) is 4.42. The van der Waals surface area contributed by atoms with Gasteiger partial charge in [0.25, 0.3) is 0 Å². The van der Waals surface area contributed by atoms with E-state index in [1.807, 2.05) is 0 Å². The molecule has 0 bridgehead atoms. The van der Waals surface area contributed by atoms with Crippen LogP contribution < -0.4 is 5.14 Å². The van der Waals surface area contributed by atoms with Crippen LogP contribution in [-0.4, -0.2) is 18.6 Å². The fraction of sp³-hybridized carbons (Fsp3) is 0.333. The van der Waals surface area contributed by atoms with E-state index in [0.717, 1.165) is 0 Å². The second-order valence-electron chi connectivity index (χ2n) is 3.65. The normalized spacial score (nSPS) is 18.9. The quantitative estimate of drug-likeness (QED) is 0.561. The standard InChI is InChI=1S/C9H11NO4S/c10-15(13,14)7-3-1-2-6-4-5-9(11,12)8(6)7/h1-3,11-12H,4-5H2,(H2,10,13,14). The van der Waals surface area contributed by atoms with Gasteiger partial charge in [-0.1, -0.05) is 12.1 Å². The lowest BCUT2D eigenvalue weighted by Gasteiger charge is -2.18. The molecule has 0 aromatic heterocycles. The second-order valence-corrected chi connectivity index (χ2v) is 5.18. The van der Waals surface area contributed by atoms with Crippen molar-refractivity contribution in [2.24, 2.45) is 5.14 Å². The molecule has 0 spiro atoms. The van der Waals surface area contributed by atoms with E-state index in [0.29, 0.717) is 12.0 Å². The van der Waals surface area contributed by atoms with Crippen molar-refractivity contribution >= 4 is 10.0 Å². The van der Waals surface area contributed by atoms with Gasteiger partial charge in [-0.25, -0.2) is 13.6 Å². The molecule has 0 heterocycles. The van der Waals surface area contributed by atoms with Crippen LogP contribution in [0.5, 0.6) is 0 Å². The zero-order chi connectivity index (χ0) is 11.3. The van der Waals surface area contributed by atoms with Crippen molar-refractivity contribution in [1.82, 2.24) is 0 Å². The zero-order valence-corrected chi connectivity index (χ0v) is 8.66. The van der Waals surface area contributed by atoms with Gasteiger partial charge in [-0.2, -0.15) is 0 Å². The number of fused-ring (bicyclic) bond motifs is 1. The molecule has 5 nitrogen and oxygen atoms in total. The average Bonchev–Trinajstić information content (AvgIpc) is 2.41. The lowest BCUT2D eigenvalue weighted by atomic mass is 10.1. The Bertz CT molecular complexity index is 507. The fourth-order valence-electron chi connectivity index (χ4n) is 1.91. The Morgan fingerprint density at radius 2 is 2.00 bits per heavy atom. The van der Waals surface area contributed by atoms with Crippen molar-refractivity contribution < 1.29 is 18.6 Å². The Hall–Kier alpha value is -0.950. The van der Waals surface area contributed by atoms with E-state index in [4.69, 9.17) is 5.14 Å². The van der Waals surface area contributed by atoms with E-state index in [9.17, 15) is 18.6 Å². The molecule has 0 amide bonds. The van der Waals surface area contributed by atoms with Crippen LogP contribution in [-0.2, 0) is 22.2 Å². The van der Waals surface area contributed by atoms with Crippen molar-refractivity contribution in [3.8, 4) is 0 Å². The summed E-state index contributed by atoms with van der Waals surface area (Å²) in [4.78, 5) is -0.206. The van der Waals surface area contributed by atoms with Crippen molar-refractivity contribution in [2.45, 2.75) is 23.5 Å². The molecular weight excluding hydrogens is 218 g/mol. The molecule has 15 heavy (non-hydrogen) atoms. The minimum Gasteiger partial charge on any atom is -0.362 e. The molecule has 0 saturated heterocycles. The molecule has 1 aliphatic rings. The highest BCUT2D eigenvalue weighted by Gasteiger charge is 2.38. The summed E-state index contributed by atoms with van der Waals surface area (Å²) in [6.45, 7) is 0. The number of aryl methyl sites for hydroxylation is 1. The minimum atomic E-state index is -3.92. The Morgan fingerprint density at radius 1 is 1.33 bits per heavy atom. The predicted molar refractivity (Wildman–Crippen MR) is 52.3 cm³/mol. The molecule has 0 saturated carbocycles. The van der Waals surface area contributed by atoms with Gasteiger partial charge in [-0.05, 0) is 18.1 Å². The summed E-state index contributed by atoms with van der Waals surface area (Å²) in [6.07, 6.45) is 0.528. The van der Waals surface area contributed by atoms with Crippen molar-refractivity contribution in [3.05, 3.63) is 29.3 Å². The van der Waals surface area contributed by atoms with Gasteiger partial charge < -0.3 is 10.2 Å². The van der Waals surface area contributed by atoms with E-state index in [2.05, 4.69) is 0 Å². The van der Waals surface area contributed by atoms with Crippen molar-refractivity contribution in [2.75, 3.05) is 0 Å². The highest BCUT2D eigenvalue weighted by molar-refractivity contribution is 7.89. The summed E-state index contributed by atoms with van der Waals surface area (Å²) in [5.41, 5.74) is 0.638. The van der Waals surface area contributed by atoms with Gasteiger partial charge in [0, 0.05) is 12.0 Å². The maximum atomic E-state index is 11.2. The third-order valence-corrected chi connectivity index (χ3v) is 3.52. The van der Waals surface area contributed by atoms with Crippen LogP contribution in [0.4, 0.5) is 0 Å². The molecule has 2 rings (SSSR count). The minimum absolute atomic E-state index is 0.0208. The van der Waals surface area contributed by atoms with E-state index >= 15 is 0 Å². The van der Waals surface area contributed by atoms with E-state index in [1.165, 1.54) is 6.07 Å². The number of aliphatic hydroxyl groups is 2. The Morgan fingerprint density at radius 3 is 2.60 bits per heavy atom. The molecule has 0 radical (unpaired) electrons. The number of nitrogens with two attached hydrogens (primary N) is 1. The van der Waals surface area contributed by atoms with Gasteiger partial charge in [-0.3, -0.25) is 0 Å². The molecule has 1 aromatic rings. The van der Waals surface area contributed by atoms with Gasteiger partial charge in [0.1, 0.15) is 0 Å². The van der Waals surface area contributed by atoms with Crippen LogP contribution in [0.2, 0.25) is 0 Å². The highest BCUT2D eigenvalue weighted by Crippen LogP contribution is 2.38. The summed E-state index contributed by atoms with van der Waals surface area (Å²) >= 11 is 0. The number of hydrogen-bond donors (Lipinski definition) is 3. The third kappa shape index (κ3) is 1.65. The summed E-state index contributed by atoms with van der Waals surface area (Å²) in [7, 11) is -3.92. The van der Waals surface area contributed by atoms with Crippen LogP contribution in [0.3, 0.4) is 0 Å². The van der Waals surface area contributed by atoms with Gasteiger partial charge >= 0.3 is 0 Å². The summed E-state index contributed by atoms with van der Waals surface area (Å²) in [5.74, 6) is -2.08. The maximum absolute atomic E-state index is 11.2. The molecule has 0 atom stereocenters. The number of primary sulfonamides is 1. The van der Waals surface area contributed by atoms with Gasteiger partial charge in [-0.15, -0.1) is 0 Å². The fourth-order valence-corrected chi connectivity index (χ4v) is 2.76. The third-order valence-electron chi connectivity index (χ3n) is 2.56. The Balaban J connectivity index is 2.76. The molecule has 1 aliphatic carbocycles. The van der Waals surface area contributed by atoms with E-state index in [1.54, 1.807) is 12.1 Å². The summed E-state index contributed by atoms with van der Waals surface area (Å²) in [6, 6.07) is 4.48. The zero-order valence-electron chi connectivity index (χ0n) is 7.84. The van der Waals surface area contributed by atoms with E-state index in [-0.39, 0.29) is 16.9 Å². The average molecular weight is 229 g/mol. The van der Waals surface area contributed by atoms with Crippen LogP contribution in [0.1, 0.15) is 17.5 Å². The van der Waals surface area contributed by atoms with Gasteiger partial charge in [0.15, 0.2) is 5.79 Å². The Labute approximate surface area is 87.2 Å². The smallest absolute Gasteiger partial charge is 0.238 e. The second kappa shape index (κ2) is 3.02. The molecule has 1 aromatic carbocycles. The van der Waals surface area contributed by atoms with E-state index < -0.39 is 15.8 Å². The first-order valence-corrected chi connectivity index (χ1v) is 5.97. The van der Waals surface area contributed by atoms with Gasteiger partial charge in [0.05, 0.1) is 4.90 Å². The molecule has 0 aliphatic heterocycles. The highest BCUT2D eigenvalue weighted by atomic mass is 32.2. The molecule has 82 valence electrons. The lowest BCUT2D eigenvalue weighted by Crippen LogP contribution is -2.25. The monoisotopic (exact) mass is 229 g/mol. The predicted octanol–water partition coefficient (Wildman–Crippen LogP) is -0.582. The Kier molecular flexibility index (Phi) is 2.13. The van der Waals surface area contributed by atoms with Crippen LogP contribution in [0.15, 0.2) is 23.1 Å². The first-order chi connectivity index (χ1) is 6.82. The SMILES string of the molecule is NS(=O)(=O)c1cccc2c1C(O)(O)CC2. The molecular formula is C9H11NO4S. The van der Waals surface area contributed by atoms with Crippen LogP contribution in [0, 0.1) is 0 Å². The maximum Gasteiger partial charge on any atom is 0.238 e. The summed E-state index contributed by atoms with van der Waals surface area (Å²) in [5, 5.41) is 24.3. The topological polar surface area (TPSA) is 101 Å². The van der Waals surface area contributed by atoms with Gasteiger partial charge in [0.2, 0.25) is 10.0 Å². The largest absolute Gasteiger partial charge is 0.362 e. The van der Waals surface area contributed by atoms with Crippen LogP contribution >= 0.6 is 0 Å². The van der Waals surface area contributed by atoms with Crippen LogP contribution in [0.25, 0.3) is 0 Å². The molecule has 0 fully saturated rings. The summed E-state index contributed by atoms with van der Waals surface area (Å²) < 4.78 is 22.5. The number of hydrogen-bond acceptors (Lipinski definition) is 4. The molecule has 0 unspecified atom stereocenters. The van der Waals surface area contributed by atoms with Crippen molar-refractivity contribution in [1.29, 1.82) is 0 Å². The first kappa shape index (κ1) is 10.6. The number of benzene rings is 1. The molecule has 6 heteroatoms. The number of rotatable bonds is 1. The number of sulfonamides is 1.